The molecule has 2 saturated heterocycles. The van der Waals surface area contributed by atoms with Crippen LogP contribution in [0.4, 0.5) is 10.7 Å². The highest BCUT2D eigenvalue weighted by Gasteiger charge is 2.48. The Morgan fingerprint density at radius 3 is 2.33 bits per heavy atom. The number of carbonyl (C=O) groups excluding carboxylic acids is 1. The molecule has 0 radical (unpaired) electrons. The van der Waals surface area contributed by atoms with Crippen LogP contribution in [0, 0.1) is 0 Å². The van der Waals surface area contributed by atoms with Crippen LogP contribution in [0.3, 0.4) is 0 Å². The van der Waals surface area contributed by atoms with E-state index in [9.17, 15) is 4.79 Å². The molecule has 2 aromatic carbocycles. The van der Waals surface area contributed by atoms with Gasteiger partial charge in [-0.15, -0.1) is 0 Å². The van der Waals surface area contributed by atoms with E-state index in [1.54, 1.807) is 6.20 Å². The van der Waals surface area contributed by atoms with Crippen LogP contribution < -0.4 is 16.0 Å². The van der Waals surface area contributed by atoms with E-state index in [1.807, 2.05) is 31.2 Å². The van der Waals surface area contributed by atoms with Crippen molar-refractivity contribution in [1.29, 1.82) is 0 Å². The number of hydrogen-bond donors (Lipinski definition) is 3. The number of nitrogens with zero attached hydrogens (tertiary/aromatic N) is 2. The van der Waals surface area contributed by atoms with Gasteiger partial charge in [0, 0.05) is 18.3 Å². The highest BCUT2D eigenvalue weighted by Crippen LogP contribution is 2.29. The van der Waals surface area contributed by atoms with Gasteiger partial charge in [-0.1, -0.05) is 54.6 Å². The molecule has 170 valence electrons. The molecule has 2 amide bonds. The summed E-state index contributed by atoms with van der Waals surface area (Å²) in [6, 6.07) is 20.0. The lowest BCUT2D eigenvalue weighted by Crippen LogP contribution is -2.48. The molecule has 3 heterocycles. The lowest BCUT2D eigenvalue weighted by Gasteiger charge is -2.18. The van der Waals surface area contributed by atoms with Crippen LogP contribution in [0.1, 0.15) is 6.92 Å². The van der Waals surface area contributed by atoms with Gasteiger partial charge in [-0.3, -0.25) is 0 Å². The first-order valence-electron chi connectivity index (χ1n) is 11.2. The fraction of sp³-hybridized carbons (Fsp3) is 0.320. The van der Waals surface area contributed by atoms with Crippen LogP contribution in [0.5, 0.6) is 0 Å². The second-order valence-electron chi connectivity index (χ2n) is 8.17. The van der Waals surface area contributed by atoms with Crippen molar-refractivity contribution in [3.05, 3.63) is 66.9 Å². The Hall–Kier alpha value is -3.49. The smallest absolute Gasteiger partial charge is 0.315 e. The number of rotatable bonds is 6. The SMILES string of the molecule is CCNC(=O)NC1COC2C(Nc3nccc(-c4ccc(-c5ccccc5)cc4)n3)COC12. The number of anilines is 1. The summed E-state index contributed by atoms with van der Waals surface area (Å²) in [5.41, 5.74) is 4.20. The van der Waals surface area contributed by atoms with E-state index < -0.39 is 0 Å². The largest absolute Gasteiger partial charge is 0.371 e. The van der Waals surface area contributed by atoms with Crippen LogP contribution in [0.15, 0.2) is 66.9 Å². The summed E-state index contributed by atoms with van der Waals surface area (Å²) < 4.78 is 11.9. The number of ether oxygens (including phenoxy) is 2. The van der Waals surface area contributed by atoms with E-state index in [-0.39, 0.29) is 30.3 Å². The number of hydrogen-bond acceptors (Lipinski definition) is 6. The minimum absolute atomic E-state index is 0.0910. The van der Waals surface area contributed by atoms with Crippen LogP contribution in [0.2, 0.25) is 0 Å². The molecule has 8 nitrogen and oxygen atoms in total. The predicted molar refractivity (Wildman–Crippen MR) is 126 cm³/mol. The number of nitrogens with one attached hydrogen (secondary N) is 3. The van der Waals surface area contributed by atoms with Gasteiger partial charge >= 0.3 is 6.03 Å². The number of amides is 2. The molecule has 4 atom stereocenters. The second-order valence-corrected chi connectivity index (χ2v) is 8.17. The Bertz CT molecular complexity index is 1090. The van der Waals surface area contributed by atoms with Gasteiger partial charge in [-0.05, 0) is 24.1 Å². The fourth-order valence-corrected chi connectivity index (χ4v) is 4.35. The van der Waals surface area contributed by atoms with Crippen molar-refractivity contribution in [1.82, 2.24) is 20.6 Å². The van der Waals surface area contributed by atoms with Crippen molar-refractivity contribution in [2.24, 2.45) is 0 Å². The quantitative estimate of drug-likeness (QED) is 0.540. The number of benzene rings is 2. The number of fused-ring (bicyclic) bond motifs is 1. The monoisotopic (exact) mass is 445 g/mol. The maximum atomic E-state index is 11.9. The highest BCUT2D eigenvalue weighted by atomic mass is 16.6. The summed E-state index contributed by atoms with van der Waals surface area (Å²) in [5.74, 6) is 0.526. The van der Waals surface area contributed by atoms with Crippen LogP contribution in [-0.4, -0.2) is 60.0 Å². The van der Waals surface area contributed by atoms with Crippen molar-refractivity contribution < 1.29 is 14.3 Å². The molecule has 8 heteroatoms. The van der Waals surface area contributed by atoms with E-state index in [0.717, 1.165) is 16.8 Å². The highest BCUT2D eigenvalue weighted by molar-refractivity contribution is 5.74. The van der Waals surface area contributed by atoms with E-state index in [4.69, 9.17) is 14.5 Å². The Morgan fingerprint density at radius 1 is 0.909 bits per heavy atom. The van der Waals surface area contributed by atoms with Gasteiger partial charge in [0.1, 0.15) is 12.2 Å². The zero-order chi connectivity index (χ0) is 22.6. The molecule has 5 rings (SSSR count). The predicted octanol–water partition coefficient (Wildman–Crippen LogP) is 3.08. The standard InChI is InChI=1S/C25H27N5O3/c1-2-26-25(31)30-21-15-33-22-20(14-32-23(21)22)29-24-27-13-12-19(28-24)18-10-8-17(9-11-18)16-6-4-3-5-7-16/h3-13,20-23H,2,14-15H2,1H3,(H2,26,30,31)(H,27,28,29). The lowest BCUT2D eigenvalue weighted by atomic mass is 10.0. The summed E-state index contributed by atoms with van der Waals surface area (Å²) >= 11 is 0. The summed E-state index contributed by atoms with van der Waals surface area (Å²) in [7, 11) is 0. The zero-order valence-electron chi connectivity index (χ0n) is 18.4. The van der Waals surface area contributed by atoms with Crippen molar-refractivity contribution in [3.8, 4) is 22.4 Å². The van der Waals surface area contributed by atoms with Gasteiger partial charge < -0.3 is 25.4 Å². The van der Waals surface area contributed by atoms with Gasteiger partial charge in [-0.25, -0.2) is 14.8 Å². The first-order valence-corrected chi connectivity index (χ1v) is 11.2. The fourth-order valence-electron chi connectivity index (χ4n) is 4.35. The number of urea groups is 1. The Kier molecular flexibility index (Phi) is 6.19. The first kappa shape index (κ1) is 21.4. The van der Waals surface area contributed by atoms with E-state index in [1.165, 1.54) is 5.56 Å². The number of aromatic nitrogens is 2. The molecule has 1 aromatic heterocycles. The Labute approximate surface area is 192 Å². The molecule has 4 unspecified atom stereocenters. The van der Waals surface area contributed by atoms with Crippen molar-refractivity contribution in [2.45, 2.75) is 31.2 Å². The minimum Gasteiger partial charge on any atom is -0.371 e. The molecule has 0 saturated carbocycles. The summed E-state index contributed by atoms with van der Waals surface area (Å²) in [6.45, 7) is 3.33. The van der Waals surface area contributed by atoms with Gasteiger partial charge in [0.2, 0.25) is 5.95 Å². The van der Waals surface area contributed by atoms with E-state index >= 15 is 0 Å². The molecule has 0 spiro atoms. The summed E-state index contributed by atoms with van der Waals surface area (Å²) in [6.07, 6.45) is 1.38. The molecule has 33 heavy (non-hydrogen) atoms. The van der Waals surface area contributed by atoms with Crippen molar-refractivity contribution >= 4 is 12.0 Å². The maximum Gasteiger partial charge on any atom is 0.315 e. The topological polar surface area (TPSA) is 97.4 Å². The summed E-state index contributed by atoms with van der Waals surface area (Å²) in [4.78, 5) is 21.0. The van der Waals surface area contributed by atoms with Crippen molar-refractivity contribution in [2.75, 3.05) is 25.1 Å². The van der Waals surface area contributed by atoms with E-state index in [2.05, 4.69) is 57.3 Å². The van der Waals surface area contributed by atoms with Gasteiger partial charge in [0.25, 0.3) is 0 Å². The van der Waals surface area contributed by atoms with Crippen molar-refractivity contribution in [3.63, 3.8) is 0 Å². The zero-order valence-corrected chi connectivity index (χ0v) is 18.4. The Balaban J connectivity index is 1.25. The van der Waals surface area contributed by atoms with E-state index in [0.29, 0.717) is 25.7 Å². The third-order valence-electron chi connectivity index (χ3n) is 5.97. The first-order chi connectivity index (χ1) is 16.2. The minimum atomic E-state index is -0.207. The third kappa shape index (κ3) is 4.67. The number of carbonyl (C=O) groups is 1. The van der Waals surface area contributed by atoms with Gasteiger partial charge in [-0.2, -0.15) is 0 Å². The molecule has 3 N–H and O–H groups in total. The molecule has 0 bridgehead atoms. The van der Waals surface area contributed by atoms with Gasteiger partial charge in [0.15, 0.2) is 0 Å². The molecule has 2 aliphatic rings. The lowest BCUT2D eigenvalue weighted by molar-refractivity contribution is 0.0682. The van der Waals surface area contributed by atoms with Crippen LogP contribution in [-0.2, 0) is 9.47 Å². The molecule has 2 fully saturated rings. The van der Waals surface area contributed by atoms with Gasteiger partial charge in [0.05, 0.1) is 31.0 Å². The molecule has 2 aliphatic heterocycles. The molecule has 3 aromatic rings. The average Bonchev–Trinajstić information content (AvgIpc) is 3.43. The molecular formula is C25H27N5O3. The normalized spacial score (nSPS) is 23.7. The second kappa shape index (κ2) is 9.56. The molecular weight excluding hydrogens is 418 g/mol. The third-order valence-corrected chi connectivity index (χ3v) is 5.97. The summed E-state index contributed by atoms with van der Waals surface area (Å²) in [5, 5.41) is 9.02. The average molecular weight is 446 g/mol. The van der Waals surface area contributed by atoms with Crippen LogP contribution in [0.25, 0.3) is 22.4 Å². The van der Waals surface area contributed by atoms with Crippen LogP contribution >= 0.6 is 0 Å². The molecule has 0 aliphatic carbocycles. The maximum absolute atomic E-state index is 11.9. The Morgan fingerprint density at radius 2 is 1.58 bits per heavy atom.